The normalized spacial score (nSPS) is 20.4. The number of hydrogen-bond donors (Lipinski definition) is 3. The number of imide groups is 3. The first kappa shape index (κ1) is 38.4. The van der Waals surface area contributed by atoms with Gasteiger partial charge in [0.25, 0.3) is 8.32 Å². The van der Waals surface area contributed by atoms with Crippen molar-refractivity contribution in [3.8, 4) is 5.75 Å². The van der Waals surface area contributed by atoms with Gasteiger partial charge in [0.15, 0.2) is 0 Å². The molecule has 0 spiro atoms. The highest BCUT2D eigenvalue weighted by molar-refractivity contribution is 9.10. The number of aliphatic hydroxyl groups excluding tert-OH is 2. The molecule has 1 saturated heterocycles. The van der Waals surface area contributed by atoms with E-state index < -0.39 is 56.7 Å². The van der Waals surface area contributed by atoms with Gasteiger partial charge in [-0.2, -0.15) is 4.90 Å². The highest BCUT2D eigenvalue weighted by atomic mass is 79.9. The molecule has 0 radical (unpaired) electrons. The molecule has 3 aromatic carbocycles. The lowest BCUT2D eigenvalue weighted by Gasteiger charge is -2.44. The van der Waals surface area contributed by atoms with Crippen molar-refractivity contribution in [2.24, 2.45) is 17.8 Å². The van der Waals surface area contributed by atoms with Crippen molar-refractivity contribution in [3.05, 3.63) is 106 Å². The number of halogens is 1. The molecule has 11 heteroatoms. The number of carbonyl (C=O) groups is 3. The predicted octanol–water partition coefficient (Wildman–Crippen LogP) is 5.95. The quantitative estimate of drug-likeness (QED) is 0.124. The largest absolute Gasteiger partial charge is 0.507 e. The molecule has 270 valence electrons. The average molecular weight is 777 g/mol. The Morgan fingerprint density at radius 3 is 2.18 bits per heavy atom. The number of methoxy groups -OCH3 is 1. The maximum atomic E-state index is 13.7. The van der Waals surface area contributed by atoms with Crippen LogP contribution in [0.4, 0.5) is 4.79 Å². The Morgan fingerprint density at radius 2 is 1.63 bits per heavy atom. The number of likely N-dealkylation sites (tertiary alicyclic amines) is 1. The number of benzene rings is 3. The van der Waals surface area contributed by atoms with Crippen molar-refractivity contribution < 1.29 is 38.9 Å². The summed E-state index contributed by atoms with van der Waals surface area (Å²) in [6.45, 7) is 7.89. The minimum atomic E-state index is -3.07. The number of ether oxygens (including phenoxy) is 1. The van der Waals surface area contributed by atoms with Crippen molar-refractivity contribution in [2.75, 3.05) is 20.3 Å². The van der Waals surface area contributed by atoms with Crippen LogP contribution >= 0.6 is 15.9 Å². The van der Waals surface area contributed by atoms with E-state index in [0.717, 1.165) is 27.5 Å². The number of nitrogens with zero attached hydrogens (tertiary/aromatic N) is 1. The molecule has 1 heterocycles. The molecular formula is C40H46BrNO8Si. The highest BCUT2D eigenvalue weighted by Crippen LogP contribution is 2.47. The fourth-order valence-corrected chi connectivity index (χ4v) is 12.7. The Kier molecular flexibility index (Phi) is 11.9. The fraction of sp³-hybridized carbons (Fsp3) is 0.375. The molecule has 2 aliphatic rings. The van der Waals surface area contributed by atoms with E-state index in [4.69, 9.17) is 9.16 Å². The van der Waals surface area contributed by atoms with E-state index in [1.54, 1.807) is 18.2 Å². The second-order valence-electron chi connectivity index (χ2n) is 14.4. The molecule has 1 aliphatic carbocycles. The van der Waals surface area contributed by atoms with Crippen LogP contribution in [0.25, 0.3) is 6.08 Å². The van der Waals surface area contributed by atoms with E-state index in [2.05, 4.69) is 61.0 Å². The van der Waals surface area contributed by atoms with Gasteiger partial charge >= 0.3 is 6.09 Å². The molecule has 4 atom stereocenters. The third-order valence-electron chi connectivity index (χ3n) is 10.2. The third-order valence-corrected chi connectivity index (χ3v) is 15.7. The van der Waals surface area contributed by atoms with Gasteiger partial charge < -0.3 is 24.5 Å². The monoisotopic (exact) mass is 775 g/mol. The van der Waals surface area contributed by atoms with Gasteiger partial charge in [0.05, 0.1) is 38.3 Å². The topological polar surface area (TPSA) is 134 Å². The molecule has 3 amide bonds. The van der Waals surface area contributed by atoms with Gasteiger partial charge in [-0.3, -0.25) is 9.59 Å². The lowest BCUT2D eigenvalue weighted by molar-refractivity contribution is -0.137. The van der Waals surface area contributed by atoms with Crippen molar-refractivity contribution in [1.82, 2.24) is 4.90 Å². The molecule has 0 aromatic heterocycles. The number of phenolic OH excluding ortho intramolecular Hbond substituents is 1. The molecule has 9 nitrogen and oxygen atoms in total. The standard InChI is InChI=1S/C40H46BrNO8Si/c1-25(20-26-21-28(41)17-19-33(26)44)16-18-34(45)35-27(22-31-36(32(35)23-43)38(47)42(37(31)46)39(48)49-5)24-50-51(40(2,3)4,29-12-8-6-9-13-29)30-14-10-7-11-15-30/h6-15,17,19-21,31-32,34,36,43-45H,16,18,22-24H2,1-5H3/b25-20+/t31-,32+,34-,36-/m1/s1. The molecule has 0 bridgehead atoms. The SMILES string of the molecule is COC(=O)N1C(=O)[C@@H]2[C@@H](CC(CO[Si](c3ccccc3)(c3ccccc3)C(C)(C)C)=C([C@H](O)CC/C(C)=C/c3cc(Br)ccc3O)[C@@H]2CO)C1=O. The van der Waals surface area contributed by atoms with Crippen LogP contribution in [-0.4, -0.2) is 72.9 Å². The summed E-state index contributed by atoms with van der Waals surface area (Å²) in [6.07, 6.45) is 0.431. The number of hydrogen-bond acceptors (Lipinski definition) is 8. The average Bonchev–Trinajstić information content (AvgIpc) is 3.36. The third kappa shape index (κ3) is 7.54. The summed E-state index contributed by atoms with van der Waals surface area (Å²) in [5, 5.41) is 35.0. The zero-order valence-corrected chi connectivity index (χ0v) is 32.2. The van der Waals surface area contributed by atoms with E-state index >= 15 is 0 Å². The number of aliphatic hydroxyl groups is 2. The number of fused-ring (bicyclic) bond motifs is 1. The lowest BCUT2D eigenvalue weighted by Crippen LogP contribution is -2.66. The van der Waals surface area contributed by atoms with Crippen molar-refractivity contribution >= 4 is 58.6 Å². The smallest absolute Gasteiger partial charge is 0.423 e. The van der Waals surface area contributed by atoms with Crippen LogP contribution in [0.5, 0.6) is 5.75 Å². The summed E-state index contributed by atoms with van der Waals surface area (Å²) in [6, 6.07) is 25.3. The second-order valence-corrected chi connectivity index (χ2v) is 19.6. The second kappa shape index (κ2) is 15.8. The van der Waals surface area contributed by atoms with Crippen molar-refractivity contribution in [1.29, 1.82) is 0 Å². The van der Waals surface area contributed by atoms with Gasteiger partial charge in [0, 0.05) is 16.0 Å². The van der Waals surface area contributed by atoms with Crippen molar-refractivity contribution in [3.63, 3.8) is 0 Å². The van der Waals surface area contributed by atoms with Crippen LogP contribution in [-0.2, 0) is 18.8 Å². The summed E-state index contributed by atoms with van der Waals surface area (Å²) < 4.78 is 12.9. The number of phenols is 1. The molecule has 1 fully saturated rings. The van der Waals surface area contributed by atoms with Crippen LogP contribution in [0.15, 0.2) is 100 Å². The van der Waals surface area contributed by atoms with Crippen LogP contribution in [0.3, 0.4) is 0 Å². The molecule has 0 unspecified atom stereocenters. The number of rotatable bonds is 11. The Morgan fingerprint density at radius 1 is 1.02 bits per heavy atom. The number of carbonyl (C=O) groups excluding carboxylic acids is 3. The Hall–Kier alpha value is -3.87. The summed E-state index contributed by atoms with van der Waals surface area (Å²) in [5.41, 5.74) is 2.62. The van der Waals surface area contributed by atoms with E-state index in [0.29, 0.717) is 28.0 Å². The number of allylic oxidation sites excluding steroid dienone is 1. The molecule has 1 aliphatic heterocycles. The minimum absolute atomic E-state index is 0.0415. The van der Waals surface area contributed by atoms with Crippen LogP contribution in [0.2, 0.25) is 5.04 Å². The molecule has 0 saturated carbocycles. The van der Waals surface area contributed by atoms with E-state index in [-0.39, 0.29) is 30.2 Å². The number of aromatic hydroxyl groups is 1. The van der Waals surface area contributed by atoms with Gasteiger partial charge in [0.1, 0.15) is 5.75 Å². The molecule has 3 N–H and O–H groups in total. The Balaban J connectivity index is 1.58. The molecule has 5 rings (SSSR count). The molecular weight excluding hydrogens is 730 g/mol. The zero-order chi connectivity index (χ0) is 37.1. The van der Waals surface area contributed by atoms with Gasteiger partial charge in [-0.25, -0.2) is 4.79 Å². The highest BCUT2D eigenvalue weighted by Gasteiger charge is 2.58. The zero-order valence-electron chi connectivity index (χ0n) is 29.6. The van der Waals surface area contributed by atoms with Crippen LogP contribution in [0, 0.1) is 17.8 Å². The summed E-state index contributed by atoms with van der Waals surface area (Å²) in [7, 11) is -1.97. The van der Waals surface area contributed by atoms with E-state index in [1.807, 2.05) is 49.4 Å². The van der Waals surface area contributed by atoms with Crippen LogP contribution < -0.4 is 10.4 Å². The first-order chi connectivity index (χ1) is 24.2. The molecule has 3 aromatic rings. The van der Waals surface area contributed by atoms with E-state index in [9.17, 15) is 29.7 Å². The lowest BCUT2D eigenvalue weighted by atomic mass is 9.68. The summed E-state index contributed by atoms with van der Waals surface area (Å²) >= 11 is 3.44. The summed E-state index contributed by atoms with van der Waals surface area (Å²) in [5.74, 6) is -4.20. The first-order valence-electron chi connectivity index (χ1n) is 17.1. The fourth-order valence-electron chi connectivity index (χ4n) is 7.82. The minimum Gasteiger partial charge on any atom is -0.507 e. The van der Waals surface area contributed by atoms with E-state index in [1.165, 1.54) is 0 Å². The number of amides is 3. The predicted molar refractivity (Wildman–Crippen MR) is 202 cm³/mol. The maximum Gasteiger partial charge on any atom is 0.423 e. The van der Waals surface area contributed by atoms with Crippen molar-refractivity contribution in [2.45, 2.75) is 58.1 Å². The Bertz CT molecular complexity index is 1780. The van der Waals surface area contributed by atoms with Gasteiger partial charge in [-0.05, 0) is 70.9 Å². The Labute approximate surface area is 308 Å². The van der Waals surface area contributed by atoms with Crippen LogP contribution in [0.1, 0.15) is 52.5 Å². The molecule has 51 heavy (non-hydrogen) atoms. The first-order valence-corrected chi connectivity index (χ1v) is 19.8. The van der Waals surface area contributed by atoms with Gasteiger partial charge in [-0.1, -0.05) is 109 Å². The van der Waals surface area contributed by atoms with Gasteiger partial charge in [0.2, 0.25) is 11.8 Å². The summed E-state index contributed by atoms with van der Waals surface area (Å²) in [4.78, 5) is 40.5. The van der Waals surface area contributed by atoms with Gasteiger partial charge in [-0.15, -0.1) is 0 Å². The maximum absolute atomic E-state index is 13.7.